The zero-order chi connectivity index (χ0) is 21.1. The van der Waals surface area contributed by atoms with Gasteiger partial charge in [-0.15, -0.1) is 11.8 Å². The van der Waals surface area contributed by atoms with E-state index in [0.29, 0.717) is 6.54 Å². The van der Waals surface area contributed by atoms with Gasteiger partial charge < -0.3 is 16.4 Å². The van der Waals surface area contributed by atoms with Gasteiger partial charge in [-0.2, -0.15) is 11.8 Å². The third-order valence-electron chi connectivity index (χ3n) is 5.89. The molecule has 1 atom stereocenters. The Balaban J connectivity index is 1.64. The zero-order valence-corrected chi connectivity index (χ0v) is 18.5. The molecule has 2 aliphatic rings. The average Bonchev–Trinajstić information content (AvgIpc) is 2.70. The molecule has 1 aliphatic heterocycles. The maximum atomic E-state index is 12.6. The summed E-state index contributed by atoms with van der Waals surface area (Å²) in [5.74, 6) is 2.09. The van der Waals surface area contributed by atoms with Crippen LogP contribution in [-0.2, 0) is 19.8 Å². The van der Waals surface area contributed by atoms with E-state index in [-0.39, 0.29) is 28.5 Å². The van der Waals surface area contributed by atoms with Gasteiger partial charge in [0.15, 0.2) is 0 Å². The Morgan fingerprint density at radius 2 is 1.86 bits per heavy atom. The van der Waals surface area contributed by atoms with E-state index < -0.39 is 11.3 Å². The van der Waals surface area contributed by atoms with Crippen LogP contribution in [0.1, 0.15) is 32.3 Å². The summed E-state index contributed by atoms with van der Waals surface area (Å²) < 4.78 is 0. The molecule has 29 heavy (non-hydrogen) atoms. The molecule has 0 spiro atoms. The van der Waals surface area contributed by atoms with Crippen LogP contribution in [0, 0.1) is 5.41 Å². The van der Waals surface area contributed by atoms with Crippen LogP contribution in [0.2, 0.25) is 0 Å². The number of carbonyl (C=O) groups excluding carboxylic acids is 3. The number of benzene rings is 1. The molecular formula is C21H29N3O3S2. The van der Waals surface area contributed by atoms with Gasteiger partial charge in [0.2, 0.25) is 17.7 Å². The second-order valence-corrected chi connectivity index (χ2v) is 10.8. The third kappa shape index (κ3) is 4.91. The van der Waals surface area contributed by atoms with Crippen molar-refractivity contribution in [2.75, 3.05) is 23.8 Å². The highest BCUT2D eigenvalue weighted by Crippen LogP contribution is 2.44. The molecule has 0 bridgehead atoms. The molecule has 3 amide bonds. The third-order valence-corrected chi connectivity index (χ3v) is 8.64. The Morgan fingerprint density at radius 3 is 2.45 bits per heavy atom. The summed E-state index contributed by atoms with van der Waals surface area (Å²) in [6, 6.07) is 10.1. The quantitative estimate of drug-likeness (QED) is 0.566. The summed E-state index contributed by atoms with van der Waals surface area (Å²) in [4.78, 5) is 36.6. The second-order valence-electron chi connectivity index (χ2n) is 8.37. The predicted molar refractivity (Wildman–Crippen MR) is 119 cm³/mol. The monoisotopic (exact) mass is 435 g/mol. The first-order valence-electron chi connectivity index (χ1n) is 9.88. The fourth-order valence-electron chi connectivity index (χ4n) is 3.78. The van der Waals surface area contributed by atoms with E-state index in [1.165, 1.54) is 13.8 Å². The SMILES string of the molecule is CC(C)(C(N)=O)C(=O)NCC1(c2ccccc2)CC(NC(=O)C2CSCCS2)C1. The minimum absolute atomic E-state index is 0.0246. The van der Waals surface area contributed by atoms with Gasteiger partial charge in [-0.1, -0.05) is 30.3 Å². The van der Waals surface area contributed by atoms with E-state index in [0.717, 1.165) is 35.7 Å². The number of hydrogen-bond acceptors (Lipinski definition) is 5. The Bertz CT molecular complexity index is 758. The number of hydrogen-bond donors (Lipinski definition) is 3. The van der Waals surface area contributed by atoms with Crippen molar-refractivity contribution in [3.05, 3.63) is 35.9 Å². The maximum absolute atomic E-state index is 12.6. The molecule has 0 aromatic heterocycles. The van der Waals surface area contributed by atoms with Crippen molar-refractivity contribution in [3.63, 3.8) is 0 Å². The maximum Gasteiger partial charge on any atom is 0.235 e. The molecule has 1 saturated heterocycles. The molecule has 0 radical (unpaired) electrons. The van der Waals surface area contributed by atoms with E-state index in [9.17, 15) is 14.4 Å². The lowest BCUT2D eigenvalue weighted by molar-refractivity contribution is -0.140. The highest BCUT2D eigenvalue weighted by molar-refractivity contribution is 8.07. The summed E-state index contributed by atoms with van der Waals surface area (Å²) in [5, 5.41) is 6.13. The van der Waals surface area contributed by atoms with Crippen LogP contribution in [0.5, 0.6) is 0 Å². The van der Waals surface area contributed by atoms with E-state index >= 15 is 0 Å². The number of rotatable bonds is 7. The zero-order valence-electron chi connectivity index (χ0n) is 16.9. The molecule has 1 heterocycles. The number of nitrogens with one attached hydrogen (secondary N) is 2. The highest BCUT2D eigenvalue weighted by atomic mass is 32.2. The van der Waals surface area contributed by atoms with Gasteiger partial charge in [-0.3, -0.25) is 14.4 Å². The first-order chi connectivity index (χ1) is 13.7. The fraction of sp³-hybridized carbons (Fsp3) is 0.571. The summed E-state index contributed by atoms with van der Waals surface area (Å²) in [7, 11) is 0. The normalized spacial score (nSPS) is 26.8. The van der Waals surface area contributed by atoms with Gasteiger partial charge in [-0.05, 0) is 32.3 Å². The van der Waals surface area contributed by atoms with E-state index in [4.69, 9.17) is 5.73 Å². The smallest absolute Gasteiger partial charge is 0.235 e. The largest absolute Gasteiger partial charge is 0.369 e. The average molecular weight is 436 g/mol. The van der Waals surface area contributed by atoms with Crippen LogP contribution in [0.25, 0.3) is 0 Å². The van der Waals surface area contributed by atoms with Crippen molar-refractivity contribution in [2.24, 2.45) is 11.1 Å². The minimum atomic E-state index is -1.26. The summed E-state index contributed by atoms with van der Waals surface area (Å²) >= 11 is 3.56. The van der Waals surface area contributed by atoms with Crippen molar-refractivity contribution in [1.82, 2.24) is 10.6 Å². The summed E-state index contributed by atoms with van der Waals surface area (Å²) in [5.41, 5.74) is 4.98. The van der Waals surface area contributed by atoms with Crippen molar-refractivity contribution in [3.8, 4) is 0 Å². The predicted octanol–water partition coefficient (Wildman–Crippen LogP) is 1.68. The molecule has 1 aliphatic carbocycles. The first-order valence-corrected chi connectivity index (χ1v) is 12.1. The molecular weight excluding hydrogens is 406 g/mol. The molecule has 1 aromatic rings. The van der Waals surface area contributed by atoms with Gasteiger partial charge in [-0.25, -0.2) is 0 Å². The van der Waals surface area contributed by atoms with Crippen LogP contribution in [0.15, 0.2) is 30.3 Å². The lowest BCUT2D eigenvalue weighted by Crippen LogP contribution is -2.60. The lowest BCUT2D eigenvalue weighted by atomic mass is 9.61. The van der Waals surface area contributed by atoms with Crippen LogP contribution >= 0.6 is 23.5 Å². The van der Waals surface area contributed by atoms with Crippen LogP contribution in [0.4, 0.5) is 0 Å². The molecule has 2 fully saturated rings. The van der Waals surface area contributed by atoms with Crippen molar-refractivity contribution < 1.29 is 14.4 Å². The Morgan fingerprint density at radius 1 is 1.17 bits per heavy atom. The molecule has 1 unspecified atom stereocenters. The standard InChI is InChI=1S/C21H29N3O3S2/c1-20(2,18(22)26)19(27)23-13-21(14-6-4-3-5-7-14)10-15(11-21)24-17(25)16-12-28-8-9-29-16/h3-7,15-16H,8-13H2,1-2H3,(H2,22,26)(H,23,27)(H,24,25). The van der Waals surface area contributed by atoms with Gasteiger partial charge in [0.25, 0.3) is 0 Å². The van der Waals surface area contributed by atoms with Gasteiger partial charge >= 0.3 is 0 Å². The molecule has 4 N–H and O–H groups in total. The van der Waals surface area contributed by atoms with Crippen LogP contribution in [-0.4, -0.2) is 52.8 Å². The van der Waals surface area contributed by atoms with E-state index in [2.05, 4.69) is 22.8 Å². The van der Waals surface area contributed by atoms with Gasteiger partial charge in [0.1, 0.15) is 5.41 Å². The van der Waals surface area contributed by atoms with Gasteiger partial charge in [0.05, 0.1) is 5.25 Å². The minimum Gasteiger partial charge on any atom is -0.369 e. The Labute approximate surface area is 180 Å². The highest BCUT2D eigenvalue weighted by Gasteiger charge is 2.47. The summed E-state index contributed by atoms with van der Waals surface area (Å²) in [6.07, 6.45) is 1.51. The number of carbonyl (C=O) groups is 3. The van der Waals surface area contributed by atoms with Crippen molar-refractivity contribution in [2.45, 2.75) is 43.4 Å². The second kappa shape index (κ2) is 9.00. The molecule has 6 nitrogen and oxygen atoms in total. The van der Waals surface area contributed by atoms with Crippen LogP contribution in [0.3, 0.4) is 0 Å². The molecule has 1 aromatic carbocycles. The number of amides is 3. The topological polar surface area (TPSA) is 101 Å². The van der Waals surface area contributed by atoms with Crippen LogP contribution < -0.4 is 16.4 Å². The number of nitrogens with two attached hydrogens (primary N) is 1. The lowest BCUT2D eigenvalue weighted by Gasteiger charge is -2.49. The number of thioether (sulfide) groups is 2. The molecule has 8 heteroatoms. The molecule has 1 saturated carbocycles. The van der Waals surface area contributed by atoms with E-state index in [1.54, 1.807) is 11.8 Å². The van der Waals surface area contributed by atoms with Crippen molar-refractivity contribution >= 4 is 41.2 Å². The fourth-order valence-corrected chi connectivity index (χ4v) is 6.34. The van der Waals surface area contributed by atoms with Gasteiger partial charge in [0, 0.05) is 35.3 Å². The Kier molecular flexibility index (Phi) is 6.83. The molecule has 158 valence electrons. The number of primary amides is 1. The first kappa shape index (κ1) is 22.0. The summed E-state index contributed by atoms with van der Waals surface area (Å²) in [6.45, 7) is 3.47. The molecule has 3 rings (SSSR count). The van der Waals surface area contributed by atoms with Crippen molar-refractivity contribution in [1.29, 1.82) is 0 Å². The Hall–Kier alpha value is -1.67. The van der Waals surface area contributed by atoms with E-state index in [1.807, 2.05) is 30.0 Å².